The van der Waals surface area contributed by atoms with Gasteiger partial charge < -0.3 is 16.0 Å². The number of anilines is 2. The molecular formula is C16H19N5O. The van der Waals surface area contributed by atoms with Crippen LogP contribution in [0.1, 0.15) is 21.6 Å². The Morgan fingerprint density at radius 1 is 1.27 bits per heavy atom. The van der Waals surface area contributed by atoms with Crippen molar-refractivity contribution < 1.29 is 4.79 Å². The molecule has 3 N–H and O–H groups in total. The lowest BCUT2D eigenvalue weighted by Gasteiger charge is -2.29. The quantitative estimate of drug-likeness (QED) is 0.823. The fraction of sp³-hybridized carbons (Fsp3) is 0.312. The molecule has 2 aromatic heterocycles. The van der Waals surface area contributed by atoms with Crippen LogP contribution in [0.15, 0.2) is 30.5 Å². The van der Waals surface area contributed by atoms with E-state index in [9.17, 15) is 4.79 Å². The molecule has 0 aliphatic carbocycles. The molecule has 0 spiro atoms. The van der Waals surface area contributed by atoms with E-state index in [1.165, 1.54) is 0 Å². The normalized spacial score (nSPS) is 14.9. The SMILES string of the molecule is Cc1ccc(C(=O)c2cccnc2N)nc1N1CCNCC1. The van der Waals surface area contributed by atoms with Crippen molar-refractivity contribution in [1.29, 1.82) is 0 Å². The van der Waals surface area contributed by atoms with Crippen LogP contribution in [0.5, 0.6) is 0 Å². The molecule has 0 amide bonds. The van der Waals surface area contributed by atoms with Crippen molar-refractivity contribution in [2.75, 3.05) is 36.8 Å². The number of nitrogens with one attached hydrogen (secondary N) is 1. The molecule has 0 aromatic carbocycles. The first-order valence-electron chi connectivity index (χ1n) is 7.35. The van der Waals surface area contributed by atoms with Gasteiger partial charge in [-0.3, -0.25) is 4.79 Å². The molecule has 3 heterocycles. The van der Waals surface area contributed by atoms with Crippen LogP contribution in [0.2, 0.25) is 0 Å². The van der Waals surface area contributed by atoms with Gasteiger partial charge in [0.1, 0.15) is 17.3 Å². The standard InChI is InChI=1S/C16H19N5O/c1-11-4-5-13(14(22)12-3-2-6-19-15(12)17)20-16(11)21-9-7-18-8-10-21/h2-6,18H,7-10H2,1H3,(H2,17,19). The Morgan fingerprint density at radius 2 is 2.05 bits per heavy atom. The number of nitrogens with two attached hydrogens (primary N) is 1. The number of pyridine rings is 2. The van der Waals surface area contributed by atoms with Crippen LogP contribution in [-0.4, -0.2) is 41.9 Å². The van der Waals surface area contributed by atoms with Crippen molar-refractivity contribution in [3.05, 3.63) is 47.3 Å². The predicted molar refractivity (Wildman–Crippen MR) is 86.1 cm³/mol. The summed E-state index contributed by atoms with van der Waals surface area (Å²) in [6, 6.07) is 7.06. The lowest BCUT2D eigenvalue weighted by atomic mass is 10.1. The van der Waals surface area contributed by atoms with Crippen LogP contribution in [0.25, 0.3) is 0 Å². The Labute approximate surface area is 129 Å². The summed E-state index contributed by atoms with van der Waals surface area (Å²) < 4.78 is 0. The summed E-state index contributed by atoms with van der Waals surface area (Å²) in [6.07, 6.45) is 1.57. The summed E-state index contributed by atoms with van der Waals surface area (Å²) in [6.45, 7) is 5.64. The van der Waals surface area contributed by atoms with E-state index in [-0.39, 0.29) is 11.6 Å². The highest BCUT2D eigenvalue weighted by molar-refractivity contribution is 6.10. The molecule has 0 bridgehead atoms. The Morgan fingerprint density at radius 3 is 2.77 bits per heavy atom. The second-order valence-corrected chi connectivity index (χ2v) is 5.34. The fourth-order valence-corrected chi connectivity index (χ4v) is 2.59. The number of aromatic nitrogens is 2. The highest BCUT2D eigenvalue weighted by Gasteiger charge is 2.19. The summed E-state index contributed by atoms with van der Waals surface area (Å²) >= 11 is 0. The van der Waals surface area contributed by atoms with E-state index in [4.69, 9.17) is 5.73 Å². The van der Waals surface area contributed by atoms with Gasteiger partial charge in [-0.25, -0.2) is 9.97 Å². The van der Waals surface area contributed by atoms with Crippen molar-refractivity contribution in [3.63, 3.8) is 0 Å². The molecule has 3 rings (SSSR count). The zero-order valence-electron chi connectivity index (χ0n) is 12.5. The van der Waals surface area contributed by atoms with E-state index in [0.717, 1.165) is 37.6 Å². The number of carbonyl (C=O) groups excluding carboxylic acids is 1. The average molecular weight is 297 g/mol. The van der Waals surface area contributed by atoms with Crippen LogP contribution < -0.4 is 16.0 Å². The molecule has 0 saturated carbocycles. The van der Waals surface area contributed by atoms with Gasteiger partial charge in [0.2, 0.25) is 5.78 Å². The first-order valence-corrected chi connectivity index (χ1v) is 7.35. The summed E-state index contributed by atoms with van der Waals surface area (Å²) in [4.78, 5) is 23.3. The largest absolute Gasteiger partial charge is 0.383 e. The third-order valence-corrected chi connectivity index (χ3v) is 3.80. The number of hydrogen-bond acceptors (Lipinski definition) is 6. The van der Waals surface area contributed by atoms with Gasteiger partial charge >= 0.3 is 0 Å². The molecular weight excluding hydrogens is 278 g/mol. The zero-order chi connectivity index (χ0) is 15.5. The zero-order valence-corrected chi connectivity index (χ0v) is 12.5. The van der Waals surface area contributed by atoms with E-state index < -0.39 is 0 Å². The molecule has 0 unspecified atom stereocenters. The number of nitrogens with zero attached hydrogens (tertiary/aromatic N) is 3. The molecule has 6 nitrogen and oxygen atoms in total. The van der Waals surface area contributed by atoms with Crippen LogP contribution in [0, 0.1) is 6.92 Å². The van der Waals surface area contributed by atoms with Gasteiger partial charge in [0.05, 0.1) is 5.56 Å². The van der Waals surface area contributed by atoms with Crippen molar-refractivity contribution >= 4 is 17.4 Å². The second-order valence-electron chi connectivity index (χ2n) is 5.34. The molecule has 0 atom stereocenters. The number of piperazine rings is 1. The van der Waals surface area contributed by atoms with Gasteiger partial charge in [0, 0.05) is 32.4 Å². The van der Waals surface area contributed by atoms with Crippen molar-refractivity contribution in [1.82, 2.24) is 15.3 Å². The van der Waals surface area contributed by atoms with E-state index in [2.05, 4.69) is 20.2 Å². The smallest absolute Gasteiger partial charge is 0.215 e. The third kappa shape index (κ3) is 2.78. The lowest BCUT2D eigenvalue weighted by molar-refractivity contribution is 0.103. The number of nitrogen functional groups attached to an aromatic ring is 1. The van der Waals surface area contributed by atoms with Gasteiger partial charge in [-0.1, -0.05) is 6.07 Å². The van der Waals surface area contributed by atoms with Crippen LogP contribution in [-0.2, 0) is 0 Å². The Bertz CT molecular complexity index is 695. The number of ketones is 1. The molecule has 1 aliphatic heterocycles. The van der Waals surface area contributed by atoms with Gasteiger partial charge in [0.15, 0.2) is 0 Å². The minimum Gasteiger partial charge on any atom is -0.383 e. The Hall–Kier alpha value is -2.47. The first-order chi connectivity index (χ1) is 10.7. The molecule has 22 heavy (non-hydrogen) atoms. The first kappa shape index (κ1) is 14.5. The van der Waals surface area contributed by atoms with Crippen LogP contribution in [0.4, 0.5) is 11.6 Å². The summed E-state index contributed by atoms with van der Waals surface area (Å²) in [5, 5.41) is 3.31. The number of hydrogen-bond donors (Lipinski definition) is 2. The maximum absolute atomic E-state index is 12.6. The Balaban J connectivity index is 1.95. The highest BCUT2D eigenvalue weighted by Crippen LogP contribution is 2.20. The predicted octanol–water partition coefficient (Wildman–Crippen LogP) is 1.01. The van der Waals surface area contributed by atoms with Crippen molar-refractivity contribution in [2.45, 2.75) is 6.92 Å². The lowest BCUT2D eigenvalue weighted by Crippen LogP contribution is -2.44. The molecule has 2 aromatic rings. The summed E-state index contributed by atoms with van der Waals surface area (Å²) in [5.41, 5.74) is 7.65. The van der Waals surface area contributed by atoms with Gasteiger partial charge in [-0.15, -0.1) is 0 Å². The van der Waals surface area contributed by atoms with Crippen LogP contribution in [0.3, 0.4) is 0 Å². The maximum Gasteiger partial charge on any atom is 0.215 e. The molecule has 0 radical (unpaired) electrons. The van der Waals surface area contributed by atoms with E-state index >= 15 is 0 Å². The number of rotatable bonds is 3. The van der Waals surface area contributed by atoms with E-state index in [0.29, 0.717) is 11.3 Å². The highest BCUT2D eigenvalue weighted by atomic mass is 16.1. The molecule has 114 valence electrons. The second kappa shape index (κ2) is 6.11. The minimum absolute atomic E-state index is 0.193. The van der Waals surface area contributed by atoms with Crippen molar-refractivity contribution in [3.8, 4) is 0 Å². The van der Waals surface area contributed by atoms with Crippen molar-refractivity contribution in [2.24, 2.45) is 0 Å². The summed E-state index contributed by atoms with van der Waals surface area (Å²) in [5.74, 6) is 0.912. The van der Waals surface area contributed by atoms with E-state index in [1.807, 2.05) is 13.0 Å². The molecule has 1 aliphatic rings. The minimum atomic E-state index is -0.193. The maximum atomic E-state index is 12.6. The topological polar surface area (TPSA) is 84.1 Å². The van der Waals surface area contributed by atoms with Gasteiger partial charge in [-0.05, 0) is 30.7 Å². The monoisotopic (exact) mass is 297 g/mol. The van der Waals surface area contributed by atoms with Gasteiger partial charge in [0.25, 0.3) is 0 Å². The van der Waals surface area contributed by atoms with Crippen LogP contribution >= 0.6 is 0 Å². The average Bonchev–Trinajstić information content (AvgIpc) is 2.56. The number of aryl methyl sites for hydroxylation is 1. The summed E-state index contributed by atoms with van der Waals surface area (Å²) in [7, 11) is 0. The molecule has 6 heteroatoms. The third-order valence-electron chi connectivity index (χ3n) is 3.80. The van der Waals surface area contributed by atoms with E-state index in [1.54, 1.807) is 24.4 Å². The fourth-order valence-electron chi connectivity index (χ4n) is 2.59. The molecule has 1 fully saturated rings. The molecule has 1 saturated heterocycles. The number of carbonyl (C=O) groups is 1. The van der Waals surface area contributed by atoms with Gasteiger partial charge in [-0.2, -0.15) is 0 Å². The Kier molecular flexibility index (Phi) is 4.02.